The number of hydrogen-bond donors (Lipinski definition) is 2. The number of nitrogens with two attached hydrogens (primary N) is 1. The van der Waals surface area contributed by atoms with Crippen LogP contribution in [0.4, 0.5) is 5.69 Å². The third-order valence-corrected chi connectivity index (χ3v) is 3.70. The van der Waals surface area contributed by atoms with Gasteiger partial charge in [0.05, 0.1) is 11.4 Å². The van der Waals surface area contributed by atoms with Gasteiger partial charge >= 0.3 is 0 Å². The minimum Gasteiger partial charge on any atom is -0.395 e. The quantitative estimate of drug-likeness (QED) is 0.829. The molecule has 0 spiro atoms. The van der Waals surface area contributed by atoms with Gasteiger partial charge in [0.2, 0.25) is 0 Å². The summed E-state index contributed by atoms with van der Waals surface area (Å²) in [7, 11) is 1.74. The Bertz CT molecular complexity index is 434. The molecule has 17 heavy (non-hydrogen) atoms. The zero-order valence-electron chi connectivity index (χ0n) is 10.7. The summed E-state index contributed by atoms with van der Waals surface area (Å²) in [5.74, 6) is 0.500. The van der Waals surface area contributed by atoms with Crippen LogP contribution >= 0.6 is 0 Å². The minimum absolute atomic E-state index is 0.120. The van der Waals surface area contributed by atoms with Gasteiger partial charge in [-0.05, 0) is 32.6 Å². The zero-order valence-corrected chi connectivity index (χ0v) is 10.7. The van der Waals surface area contributed by atoms with Crippen molar-refractivity contribution in [3.8, 4) is 0 Å². The Morgan fingerprint density at radius 3 is 2.65 bits per heavy atom. The third kappa shape index (κ3) is 2.14. The fourth-order valence-electron chi connectivity index (χ4n) is 2.28. The van der Waals surface area contributed by atoms with E-state index in [1.165, 1.54) is 19.3 Å². The maximum absolute atomic E-state index is 12.1. The highest BCUT2D eigenvalue weighted by molar-refractivity contribution is 5.98. The standard InChI is InChI=1S/C12H20N4O/c1-7(9-5-4-6-9)14-12(17)11-10(13)8(2)15-16(11)3/h7,9H,4-6,13H2,1-3H3,(H,14,17). The first-order chi connectivity index (χ1) is 8.00. The number of carbonyl (C=O) groups excluding carboxylic acids is 1. The second-order valence-corrected chi connectivity index (χ2v) is 4.92. The maximum atomic E-state index is 12.1. The van der Waals surface area contributed by atoms with Crippen LogP contribution in [0.25, 0.3) is 0 Å². The van der Waals surface area contributed by atoms with Gasteiger partial charge in [-0.1, -0.05) is 6.42 Å². The van der Waals surface area contributed by atoms with Gasteiger partial charge in [-0.25, -0.2) is 0 Å². The number of nitrogen functional groups attached to an aromatic ring is 1. The van der Waals surface area contributed by atoms with Crippen LogP contribution in [-0.4, -0.2) is 21.7 Å². The lowest BCUT2D eigenvalue weighted by Gasteiger charge is -2.31. The Hall–Kier alpha value is -1.52. The molecule has 5 nitrogen and oxygen atoms in total. The fourth-order valence-corrected chi connectivity index (χ4v) is 2.28. The number of hydrogen-bond acceptors (Lipinski definition) is 3. The summed E-state index contributed by atoms with van der Waals surface area (Å²) in [6.45, 7) is 3.86. The molecule has 1 amide bonds. The largest absolute Gasteiger partial charge is 0.395 e. The van der Waals surface area contributed by atoms with Crippen molar-refractivity contribution in [2.24, 2.45) is 13.0 Å². The first-order valence-corrected chi connectivity index (χ1v) is 6.10. The molecule has 2 rings (SSSR count). The van der Waals surface area contributed by atoms with Gasteiger partial charge in [0.1, 0.15) is 5.69 Å². The van der Waals surface area contributed by atoms with Crippen molar-refractivity contribution in [3.05, 3.63) is 11.4 Å². The Morgan fingerprint density at radius 2 is 2.24 bits per heavy atom. The monoisotopic (exact) mass is 236 g/mol. The summed E-state index contributed by atoms with van der Waals surface area (Å²) in [6.07, 6.45) is 3.69. The van der Waals surface area contributed by atoms with Gasteiger partial charge in [-0.3, -0.25) is 9.48 Å². The highest BCUT2D eigenvalue weighted by atomic mass is 16.2. The first kappa shape index (κ1) is 12.0. The fraction of sp³-hybridized carbons (Fsp3) is 0.667. The SMILES string of the molecule is Cc1nn(C)c(C(=O)NC(C)C2CCC2)c1N. The Kier molecular flexibility index (Phi) is 3.09. The van der Waals surface area contributed by atoms with E-state index in [2.05, 4.69) is 17.3 Å². The van der Waals surface area contributed by atoms with Crippen LogP contribution in [0.3, 0.4) is 0 Å². The molecule has 1 saturated carbocycles. The van der Waals surface area contributed by atoms with E-state index < -0.39 is 0 Å². The van der Waals surface area contributed by atoms with Gasteiger partial charge in [-0.15, -0.1) is 0 Å². The lowest BCUT2D eigenvalue weighted by Crippen LogP contribution is -2.41. The van der Waals surface area contributed by atoms with E-state index in [1.54, 1.807) is 11.7 Å². The number of nitrogens with zero attached hydrogens (tertiary/aromatic N) is 2. The van der Waals surface area contributed by atoms with Crippen LogP contribution < -0.4 is 11.1 Å². The smallest absolute Gasteiger partial charge is 0.271 e. The van der Waals surface area contributed by atoms with Gasteiger partial charge in [0.15, 0.2) is 0 Å². The molecule has 1 unspecified atom stereocenters. The molecule has 1 atom stereocenters. The summed E-state index contributed by atoms with van der Waals surface area (Å²) in [4.78, 5) is 12.1. The summed E-state index contributed by atoms with van der Waals surface area (Å²) in [6, 6.07) is 0.214. The van der Waals surface area contributed by atoms with Gasteiger partial charge in [0, 0.05) is 13.1 Å². The number of aromatic nitrogens is 2. The van der Waals surface area contributed by atoms with E-state index in [1.807, 2.05) is 6.92 Å². The predicted octanol–water partition coefficient (Wildman–Crippen LogP) is 1.23. The average Bonchev–Trinajstić information content (AvgIpc) is 2.37. The molecule has 1 aromatic heterocycles. The van der Waals surface area contributed by atoms with E-state index in [9.17, 15) is 4.79 Å². The Labute approximate surface area is 101 Å². The van der Waals surface area contributed by atoms with Crippen molar-refractivity contribution in [2.75, 3.05) is 5.73 Å². The number of rotatable bonds is 3. The van der Waals surface area contributed by atoms with Crippen molar-refractivity contribution in [2.45, 2.75) is 39.2 Å². The Morgan fingerprint density at radius 1 is 1.59 bits per heavy atom. The molecule has 1 heterocycles. The number of amides is 1. The van der Waals surface area contributed by atoms with Crippen molar-refractivity contribution in [1.82, 2.24) is 15.1 Å². The summed E-state index contributed by atoms with van der Waals surface area (Å²) in [5.41, 5.74) is 7.51. The van der Waals surface area contributed by atoms with Gasteiger partial charge < -0.3 is 11.1 Å². The maximum Gasteiger partial charge on any atom is 0.271 e. The molecule has 94 valence electrons. The number of anilines is 1. The summed E-state index contributed by atoms with van der Waals surface area (Å²) in [5, 5.41) is 7.16. The predicted molar refractivity (Wildman–Crippen MR) is 66.6 cm³/mol. The molecule has 1 aromatic rings. The van der Waals surface area contributed by atoms with Crippen LogP contribution in [0.5, 0.6) is 0 Å². The highest BCUT2D eigenvalue weighted by Gasteiger charge is 2.27. The van der Waals surface area contributed by atoms with E-state index in [0.29, 0.717) is 23.0 Å². The molecule has 0 bridgehead atoms. The van der Waals surface area contributed by atoms with Crippen molar-refractivity contribution in [3.63, 3.8) is 0 Å². The van der Waals surface area contributed by atoms with Crippen LogP contribution in [0.1, 0.15) is 42.4 Å². The molecule has 0 saturated heterocycles. The van der Waals surface area contributed by atoms with Gasteiger partial charge in [0.25, 0.3) is 5.91 Å². The topological polar surface area (TPSA) is 72.9 Å². The van der Waals surface area contributed by atoms with Crippen molar-refractivity contribution >= 4 is 11.6 Å². The van der Waals surface area contributed by atoms with Crippen molar-refractivity contribution < 1.29 is 4.79 Å². The lowest BCUT2D eigenvalue weighted by molar-refractivity contribution is 0.0900. The third-order valence-electron chi connectivity index (χ3n) is 3.70. The minimum atomic E-state index is -0.120. The number of nitrogens with one attached hydrogen (secondary N) is 1. The molecule has 3 N–H and O–H groups in total. The molecule has 5 heteroatoms. The molecule has 1 aliphatic rings. The zero-order chi connectivity index (χ0) is 12.6. The molecular weight excluding hydrogens is 216 g/mol. The molecule has 0 radical (unpaired) electrons. The molecule has 0 aromatic carbocycles. The lowest BCUT2D eigenvalue weighted by atomic mass is 9.80. The number of carbonyl (C=O) groups is 1. The summed E-state index contributed by atoms with van der Waals surface area (Å²) < 4.78 is 1.55. The second kappa shape index (κ2) is 4.39. The van der Waals surface area contributed by atoms with Crippen LogP contribution in [0.15, 0.2) is 0 Å². The van der Waals surface area contributed by atoms with Crippen molar-refractivity contribution in [1.29, 1.82) is 0 Å². The van der Waals surface area contributed by atoms with Crippen LogP contribution in [-0.2, 0) is 7.05 Å². The normalized spacial score (nSPS) is 17.6. The van der Waals surface area contributed by atoms with E-state index >= 15 is 0 Å². The Balaban J connectivity index is 2.08. The first-order valence-electron chi connectivity index (χ1n) is 6.10. The van der Waals surface area contributed by atoms with E-state index in [-0.39, 0.29) is 11.9 Å². The van der Waals surface area contributed by atoms with Gasteiger partial charge in [-0.2, -0.15) is 5.10 Å². The molecule has 1 fully saturated rings. The highest BCUT2D eigenvalue weighted by Crippen LogP contribution is 2.29. The number of aryl methyl sites for hydroxylation is 2. The molecule has 1 aliphatic carbocycles. The molecule has 0 aliphatic heterocycles. The summed E-state index contributed by atoms with van der Waals surface area (Å²) >= 11 is 0. The van der Waals surface area contributed by atoms with E-state index in [4.69, 9.17) is 5.73 Å². The van der Waals surface area contributed by atoms with Crippen LogP contribution in [0, 0.1) is 12.8 Å². The van der Waals surface area contributed by atoms with E-state index in [0.717, 1.165) is 0 Å². The van der Waals surface area contributed by atoms with Crippen LogP contribution in [0.2, 0.25) is 0 Å². The molecular formula is C12H20N4O. The average molecular weight is 236 g/mol. The second-order valence-electron chi connectivity index (χ2n) is 4.92.